The van der Waals surface area contributed by atoms with Crippen molar-refractivity contribution in [1.82, 2.24) is 15.1 Å². The lowest BCUT2D eigenvalue weighted by molar-refractivity contribution is 0.181. The average Bonchev–Trinajstić information content (AvgIpc) is 2.57. The van der Waals surface area contributed by atoms with Gasteiger partial charge in [-0.1, -0.05) is 6.92 Å². The lowest BCUT2D eigenvalue weighted by Gasteiger charge is -2.24. The minimum Gasteiger partial charge on any atom is -0.486 e. The lowest BCUT2D eigenvalue weighted by atomic mass is 10.1. The summed E-state index contributed by atoms with van der Waals surface area (Å²) < 4.78 is 7.58. The Kier molecular flexibility index (Phi) is 4.35. The Hall–Kier alpha value is -1.03. The molecule has 0 fully saturated rings. The molecule has 1 rings (SSSR count). The minimum absolute atomic E-state index is 0.131. The van der Waals surface area contributed by atoms with Crippen molar-refractivity contribution in [3.8, 4) is 5.75 Å². The third kappa shape index (κ3) is 4.66. The van der Waals surface area contributed by atoms with Crippen LogP contribution in [-0.2, 0) is 7.05 Å². The van der Waals surface area contributed by atoms with E-state index in [0.29, 0.717) is 0 Å². The monoisotopic (exact) mass is 225 g/mol. The van der Waals surface area contributed by atoms with Gasteiger partial charge in [0.2, 0.25) is 0 Å². The molecular weight excluding hydrogens is 202 g/mol. The Bertz CT molecular complexity index is 314. The SMILES string of the molecule is CCC(CNC(C)(C)C)Oc1cnn(C)c1. The van der Waals surface area contributed by atoms with Crippen LogP contribution in [0.5, 0.6) is 5.75 Å². The Morgan fingerprint density at radius 3 is 2.62 bits per heavy atom. The Balaban J connectivity index is 2.43. The first-order valence-corrected chi connectivity index (χ1v) is 5.81. The van der Waals surface area contributed by atoms with Crippen molar-refractivity contribution in [3.63, 3.8) is 0 Å². The predicted octanol–water partition coefficient (Wildman–Crippen LogP) is 1.97. The van der Waals surface area contributed by atoms with E-state index < -0.39 is 0 Å². The fraction of sp³-hybridized carbons (Fsp3) is 0.750. The van der Waals surface area contributed by atoms with E-state index in [1.165, 1.54) is 0 Å². The van der Waals surface area contributed by atoms with Crippen LogP contribution < -0.4 is 10.1 Å². The molecule has 1 unspecified atom stereocenters. The summed E-state index contributed by atoms with van der Waals surface area (Å²) in [6.45, 7) is 9.46. The summed E-state index contributed by atoms with van der Waals surface area (Å²) in [4.78, 5) is 0. The first-order valence-electron chi connectivity index (χ1n) is 5.81. The molecule has 1 atom stereocenters. The number of ether oxygens (including phenoxy) is 1. The number of aryl methyl sites for hydroxylation is 1. The average molecular weight is 225 g/mol. The molecule has 4 nitrogen and oxygen atoms in total. The van der Waals surface area contributed by atoms with E-state index in [0.717, 1.165) is 18.7 Å². The topological polar surface area (TPSA) is 39.1 Å². The number of rotatable bonds is 5. The molecule has 0 aliphatic rings. The van der Waals surface area contributed by atoms with E-state index in [4.69, 9.17) is 4.74 Å². The Morgan fingerprint density at radius 2 is 2.19 bits per heavy atom. The minimum atomic E-state index is 0.131. The number of nitrogens with zero attached hydrogens (tertiary/aromatic N) is 2. The summed E-state index contributed by atoms with van der Waals surface area (Å²) in [5, 5.41) is 7.53. The van der Waals surface area contributed by atoms with Gasteiger partial charge in [0.05, 0.1) is 12.4 Å². The number of nitrogens with one attached hydrogen (secondary N) is 1. The van der Waals surface area contributed by atoms with Crippen LogP contribution in [0.4, 0.5) is 0 Å². The van der Waals surface area contributed by atoms with Gasteiger partial charge in [-0.3, -0.25) is 4.68 Å². The maximum atomic E-state index is 5.83. The van der Waals surface area contributed by atoms with E-state index in [1.807, 2.05) is 13.2 Å². The zero-order chi connectivity index (χ0) is 12.2. The quantitative estimate of drug-likeness (QED) is 0.832. The van der Waals surface area contributed by atoms with Gasteiger partial charge in [0.15, 0.2) is 5.75 Å². The maximum absolute atomic E-state index is 5.83. The van der Waals surface area contributed by atoms with Crippen LogP contribution in [0.15, 0.2) is 12.4 Å². The molecular formula is C12H23N3O. The van der Waals surface area contributed by atoms with Gasteiger partial charge in [0, 0.05) is 19.1 Å². The van der Waals surface area contributed by atoms with Gasteiger partial charge in [-0.15, -0.1) is 0 Å². The van der Waals surface area contributed by atoms with Gasteiger partial charge >= 0.3 is 0 Å². The van der Waals surface area contributed by atoms with Gasteiger partial charge in [-0.05, 0) is 27.2 Å². The standard InChI is InChI=1S/C12H23N3O/c1-6-10(7-13-12(2,3)4)16-11-8-14-15(5)9-11/h8-10,13H,6-7H2,1-5H3. The molecule has 1 aromatic heterocycles. The summed E-state index contributed by atoms with van der Waals surface area (Å²) in [5.41, 5.74) is 0.131. The molecule has 0 saturated carbocycles. The highest BCUT2D eigenvalue weighted by atomic mass is 16.5. The molecule has 0 aliphatic carbocycles. The molecule has 1 N–H and O–H groups in total. The molecule has 0 aromatic carbocycles. The molecule has 0 aliphatic heterocycles. The van der Waals surface area contributed by atoms with Crippen LogP contribution in [0.25, 0.3) is 0 Å². The van der Waals surface area contributed by atoms with E-state index in [-0.39, 0.29) is 11.6 Å². The van der Waals surface area contributed by atoms with Crippen molar-refractivity contribution in [1.29, 1.82) is 0 Å². The van der Waals surface area contributed by atoms with Crippen molar-refractivity contribution < 1.29 is 4.74 Å². The third-order valence-electron chi connectivity index (χ3n) is 2.30. The highest BCUT2D eigenvalue weighted by molar-refractivity contribution is 5.11. The smallest absolute Gasteiger partial charge is 0.157 e. The van der Waals surface area contributed by atoms with Gasteiger partial charge in [0.1, 0.15) is 6.10 Å². The fourth-order valence-electron chi connectivity index (χ4n) is 1.34. The second-order valence-corrected chi connectivity index (χ2v) is 5.13. The molecule has 92 valence electrons. The molecule has 1 heterocycles. The normalized spacial score (nSPS) is 13.8. The van der Waals surface area contributed by atoms with Gasteiger partial charge in [-0.25, -0.2) is 0 Å². The highest BCUT2D eigenvalue weighted by Gasteiger charge is 2.14. The molecule has 0 bridgehead atoms. The zero-order valence-corrected chi connectivity index (χ0v) is 10.9. The lowest BCUT2D eigenvalue weighted by Crippen LogP contribution is -2.42. The van der Waals surface area contributed by atoms with Crippen molar-refractivity contribution in [3.05, 3.63) is 12.4 Å². The van der Waals surface area contributed by atoms with E-state index >= 15 is 0 Å². The van der Waals surface area contributed by atoms with Crippen LogP contribution >= 0.6 is 0 Å². The first kappa shape index (κ1) is 13.0. The van der Waals surface area contributed by atoms with Gasteiger partial charge < -0.3 is 10.1 Å². The summed E-state index contributed by atoms with van der Waals surface area (Å²) in [6, 6.07) is 0. The van der Waals surface area contributed by atoms with Crippen LogP contribution in [0, 0.1) is 0 Å². The molecule has 16 heavy (non-hydrogen) atoms. The molecule has 0 spiro atoms. The summed E-state index contributed by atoms with van der Waals surface area (Å²) >= 11 is 0. The van der Waals surface area contributed by atoms with Crippen LogP contribution in [0.2, 0.25) is 0 Å². The highest BCUT2D eigenvalue weighted by Crippen LogP contribution is 2.11. The first-order chi connectivity index (χ1) is 7.40. The number of hydrogen-bond donors (Lipinski definition) is 1. The number of hydrogen-bond acceptors (Lipinski definition) is 3. The Labute approximate surface area is 98.0 Å². The molecule has 1 aromatic rings. The van der Waals surface area contributed by atoms with Crippen LogP contribution in [-0.4, -0.2) is 28.0 Å². The van der Waals surface area contributed by atoms with Crippen LogP contribution in [0.3, 0.4) is 0 Å². The largest absolute Gasteiger partial charge is 0.486 e. The molecule has 0 amide bonds. The van der Waals surface area contributed by atoms with Crippen LogP contribution in [0.1, 0.15) is 34.1 Å². The summed E-state index contributed by atoms with van der Waals surface area (Å²) in [7, 11) is 1.89. The third-order valence-corrected chi connectivity index (χ3v) is 2.30. The maximum Gasteiger partial charge on any atom is 0.157 e. The van der Waals surface area contributed by atoms with Crippen molar-refractivity contribution >= 4 is 0 Å². The Morgan fingerprint density at radius 1 is 1.50 bits per heavy atom. The molecule has 0 saturated heterocycles. The van der Waals surface area contributed by atoms with Crippen molar-refractivity contribution in [2.75, 3.05) is 6.54 Å². The number of aromatic nitrogens is 2. The summed E-state index contributed by atoms with van der Waals surface area (Å²) in [5.74, 6) is 0.838. The zero-order valence-electron chi connectivity index (χ0n) is 10.9. The molecule has 0 radical (unpaired) electrons. The van der Waals surface area contributed by atoms with E-state index in [9.17, 15) is 0 Å². The molecule has 4 heteroatoms. The van der Waals surface area contributed by atoms with Crippen molar-refractivity contribution in [2.24, 2.45) is 7.05 Å². The summed E-state index contributed by atoms with van der Waals surface area (Å²) in [6.07, 6.45) is 4.82. The fourth-order valence-corrected chi connectivity index (χ4v) is 1.34. The van der Waals surface area contributed by atoms with E-state index in [1.54, 1.807) is 10.9 Å². The second kappa shape index (κ2) is 5.34. The van der Waals surface area contributed by atoms with Crippen molar-refractivity contribution in [2.45, 2.75) is 45.8 Å². The van der Waals surface area contributed by atoms with E-state index in [2.05, 4.69) is 38.1 Å². The second-order valence-electron chi connectivity index (χ2n) is 5.13. The predicted molar refractivity (Wildman–Crippen MR) is 65.7 cm³/mol. The van der Waals surface area contributed by atoms with Gasteiger partial charge in [-0.2, -0.15) is 5.10 Å². The van der Waals surface area contributed by atoms with Gasteiger partial charge in [0.25, 0.3) is 0 Å².